The molecule has 4 heteroatoms. The molecule has 0 fully saturated rings. The van der Waals surface area contributed by atoms with E-state index in [1.165, 1.54) is 0 Å². The lowest BCUT2D eigenvalue weighted by molar-refractivity contribution is -0.146. The molecule has 3 nitrogen and oxygen atoms in total. The largest absolute Gasteiger partial charge is 0.479 e. The maximum atomic E-state index is 9.86. The number of alkyl halides is 1. The number of halogens is 1. The molecule has 0 saturated heterocycles. The summed E-state index contributed by atoms with van der Waals surface area (Å²) in [5, 5.41) is 16.6. The predicted octanol–water partition coefficient (Wildman–Crippen LogP) is 0.215. The number of aliphatic hydroxyl groups is 1. The topological polar surface area (TPSA) is 57.5 Å². The molecule has 0 aromatic carbocycles. The van der Waals surface area contributed by atoms with Crippen molar-refractivity contribution in [3.05, 3.63) is 0 Å². The molecule has 0 heterocycles. The lowest BCUT2D eigenvalue weighted by Crippen LogP contribution is -2.27. The second kappa shape index (κ2) is 3.04. The Labute approximate surface area is 55.5 Å². The lowest BCUT2D eigenvalue weighted by Gasteiger charge is -2.04. The quantitative estimate of drug-likeness (QED) is 0.601. The molecule has 2 atom stereocenters. The van der Waals surface area contributed by atoms with Gasteiger partial charge in [-0.05, 0) is 6.92 Å². The number of hydrogen-bond acceptors (Lipinski definition) is 2. The van der Waals surface area contributed by atoms with Crippen LogP contribution in [0.15, 0.2) is 0 Å². The molecule has 2 N–H and O–H groups in total. The minimum Gasteiger partial charge on any atom is -0.479 e. The fraction of sp³-hybridized carbons (Fsp3) is 0.750. The van der Waals surface area contributed by atoms with Crippen LogP contribution in [0, 0.1) is 0 Å². The minimum absolute atomic E-state index is 0.389. The van der Waals surface area contributed by atoms with E-state index in [9.17, 15) is 4.79 Å². The number of rotatable bonds is 2. The van der Waals surface area contributed by atoms with E-state index in [1.54, 1.807) is 6.92 Å². The van der Waals surface area contributed by atoms with Crippen LogP contribution in [-0.4, -0.2) is 27.1 Å². The highest BCUT2D eigenvalue weighted by Crippen LogP contribution is 2.03. The van der Waals surface area contributed by atoms with Crippen LogP contribution >= 0.6 is 15.9 Å². The van der Waals surface area contributed by atoms with E-state index in [0.29, 0.717) is 0 Å². The van der Waals surface area contributed by atoms with Gasteiger partial charge in [-0.1, -0.05) is 15.9 Å². The summed E-state index contributed by atoms with van der Waals surface area (Å²) in [4.78, 5) is 9.47. The van der Waals surface area contributed by atoms with E-state index in [-0.39, 0.29) is 4.83 Å². The van der Waals surface area contributed by atoms with Gasteiger partial charge < -0.3 is 10.2 Å². The Hall–Kier alpha value is -0.0900. The molecule has 0 rings (SSSR count). The van der Waals surface area contributed by atoms with Crippen LogP contribution in [0.25, 0.3) is 0 Å². The summed E-state index contributed by atoms with van der Waals surface area (Å²) in [7, 11) is 0. The fourth-order valence-corrected chi connectivity index (χ4v) is 0.423. The van der Waals surface area contributed by atoms with Crippen molar-refractivity contribution in [3.8, 4) is 0 Å². The van der Waals surface area contributed by atoms with Crippen molar-refractivity contribution in [2.45, 2.75) is 17.9 Å². The van der Waals surface area contributed by atoms with Gasteiger partial charge in [0.1, 0.15) is 0 Å². The van der Waals surface area contributed by atoms with Gasteiger partial charge in [0.25, 0.3) is 0 Å². The third kappa shape index (κ3) is 2.28. The molecule has 0 aromatic rings. The number of carboxylic acids is 1. The third-order valence-corrected chi connectivity index (χ3v) is 1.19. The number of hydrogen-bond donors (Lipinski definition) is 2. The summed E-state index contributed by atoms with van der Waals surface area (Å²) in [5.41, 5.74) is 0. The summed E-state index contributed by atoms with van der Waals surface area (Å²) in [6.07, 6.45) is -1.30. The van der Waals surface area contributed by atoms with Crippen LogP contribution in [-0.2, 0) is 4.79 Å². The minimum atomic E-state index is -1.30. The zero-order chi connectivity index (χ0) is 6.73. The highest BCUT2D eigenvalue weighted by atomic mass is 79.9. The summed E-state index contributed by atoms with van der Waals surface area (Å²) in [6, 6.07) is 0. The first kappa shape index (κ1) is 7.91. The molecule has 48 valence electrons. The van der Waals surface area contributed by atoms with Gasteiger partial charge in [0, 0.05) is 4.83 Å². The van der Waals surface area contributed by atoms with Gasteiger partial charge in [-0.25, -0.2) is 4.79 Å². The van der Waals surface area contributed by atoms with E-state index in [4.69, 9.17) is 10.2 Å². The second-order valence-electron chi connectivity index (χ2n) is 1.46. The Morgan fingerprint density at radius 1 is 1.75 bits per heavy atom. The summed E-state index contributed by atoms with van der Waals surface area (Å²) in [6.45, 7) is 1.57. The molecule has 0 aliphatic heterocycles. The molecule has 0 unspecified atom stereocenters. The van der Waals surface area contributed by atoms with Crippen molar-refractivity contribution in [2.24, 2.45) is 0 Å². The van der Waals surface area contributed by atoms with E-state index >= 15 is 0 Å². The van der Waals surface area contributed by atoms with Crippen LogP contribution in [0.1, 0.15) is 6.92 Å². The number of aliphatic carboxylic acids is 1. The number of aliphatic hydroxyl groups excluding tert-OH is 1. The molecule has 0 bridgehead atoms. The zero-order valence-electron chi connectivity index (χ0n) is 4.34. The third-order valence-electron chi connectivity index (χ3n) is 0.688. The van der Waals surface area contributed by atoms with Gasteiger partial charge in [0.15, 0.2) is 6.10 Å². The van der Waals surface area contributed by atoms with Crippen molar-refractivity contribution in [3.63, 3.8) is 0 Å². The number of carboxylic acid groups (broad SMARTS) is 1. The van der Waals surface area contributed by atoms with Gasteiger partial charge in [-0.2, -0.15) is 0 Å². The van der Waals surface area contributed by atoms with Crippen molar-refractivity contribution < 1.29 is 15.0 Å². The molecule has 0 radical (unpaired) electrons. The Morgan fingerprint density at radius 3 is 2.12 bits per heavy atom. The first-order valence-electron chi connectivity index (χ1n) is 2.10. The van der Waals surface area contributed by atoms with E-state index in [2.05, 4.69) is 15.9 Å². The van der Waals surface area contributed by atoms with Crippen molar-refractivity contribution in [2.75, 3.05) is 0 Å². The predicted molar refractivity (Wildman–Crippen MR) is 32.0 cm³/mol. The highest BCUT2D eigenvalue weighted by Gasteiger charge is 2.17. The van der Waals surface area contributed by atoms with Crippen LogP contribution < -0.4 is 0 Å². The van der Waals surface area contributed by atoms with E-state index in [1.807, 2.05) is 0 Å². The van der Waals surface area contributed by atoms with Crippen molar-refractivity contribution in [1.29, 1.82) is 0 Å². The molecule has 8 heavy (non-hydrogen) atoms. The molecule has 0 saturated carbocycles. The first-order valence-corrected chi connectivity index (χ1v) is 3.02. The van der Waals surface area contributed by atoms with Gasteiger partial charge in [0.2, 0.25) is 0 Å². The lowest BCUT2D eigenvalue weighted by atomic mass is 10.3. The monoisotopic (exact) mass is 182 g/mol. The van der Waals surface area contributed by atoms with Crippen LogP contribution in [0.2, 0.25) is 0 Å². The molecule has 0 aliphatic carbocycles. The second-order valence-corrected chi connectivity index (χ2v) is 2.90. The van der Waals surface area contributed by atoms with Gasteiger partial charge in [-0.3, -0.25) is 0 Å². The molecular weight excluding hydrogens is 176 g/mol. The Balaban J connectivity index is 3.64. The Bertz CT molecular complexity index is 91.3. The summed E-state index contributed by atoms with van der Waals surface area (Å²) < 4.78 is 0. The SMILES string of the molecule is C[C@H](Br)[C@H](O)C(=O)O. The molecule has 0 amide bonds. The Kier molecular flexibility index (Phi) is 3.01. The van der Waals surface area contributed by atoms with Gasteiger partial charge in [0.05, 0.1) is 0 Å². The standard InChI is InChI=1S/C4H7BrO3/c1-2(5)3(6)4(7)8/h2-3,6H,1H3,(H,7,8)/t2-,3-/m0/s1. The molecule has 0 spiro atoms. The van der Waals surface area contributed by atoms with Crippen molar-refractivity contribution in [1.82, 2.24) is 0 Å². The summed E-state index contributed by atoms with van der Waals surface area (Å²) >= 11 is 2.91. The average molecular weight is 183 g/mol. The molecule has 0 aromatic heterocycles. The first-order chi connectivity index (χ1) is 3.55. The Morgan fingerprint density at radius 2 is 2.12 bits per heavy atom. The maximum absolute atomic E-state index is 9.86. The molecular formula is C4H7BrO3. The van der Waals surface area contributed by atoms with Crippen LogP contribution in [0.3, 0.4) is 0 Å². The van der Waals surface area contributed by atoms with Gasteiger partial charge >= 0.3 is 5.97 Å². The molecule has 0 aliphatic rings. The maximum Gasteiger partial charge on any atom is 0.333 e. The van der Waals surface area contributed by atoms with Crippen LogP contribution in [0.5, 0.6) is 0 Å². The fourth-order valence-electron chi connectivity index (χ4n) is 0.196. The average Bonchev–Trinajstić information content (AvgIpc) is 1.64. The number of carbonyl (C=O) groups is 1. The van der Waals surface area contributed by atoms with Crippen LogP contribution in [0.4, 0.5) is 0 Å². The van der Waals surface area contributed by atoms with E-state index < -0.39 is 12.1 Å². The smallest absolute Gasteiger partial charge is 0.333 e. The zero-order valence-corrected chi connectivity index (χ0v) is 5.92. The highest BCUT2D eigenvalue weighted by molar-refractivity contribution is 9.09. The van der Waals surface area contributed by atoms with Gasteiger partial charge in [-0.15, -0.1) is 0 Å². The van der Waals surface area contributed by atoms with E-state index in [0.717, 1.165) is 0 Å². The summed E-state index contributed by atoms with van der Waals surface area (Å²) in [5.74, 6) is -1.20. The van der Waals surface area contributed by atoms with Crippen molar-refractivity contribution >= 4 is 21.9 Å². The normalized spacial score (nSPS) is 17.4.